The lowest BCUT2D eigenvalue weighted by atomic mass is 10.2. The molecular formula is C11H11NO4. The average Bonchev–Trinajstić information content (AvgIpc) is 2.62. The summed E-state index contributed by atoms with van der Waals surface area (Å²) < 4.78 is 4.72. The average molecular weight is 221 g/mol. The third-order valence-corrected chi connectivity index (χ3v) is 2.46. The number of hydrogen-bond donors (Lipinski definition) is 1. The molecule has 1 unspecified atom stereocenters. The van der Waals surface area contributed by atoms with Crippen molar-refractivity contribution in [2.45, 2.75) is 12.6 Å². The second-order valence-electron chi connectivity index (χ2n) is 3.54. The van der Waals surface area contributed by atoms with Crippen molar-refractivity contribution in [3.05, 3.63) is 35.9 Å². The zero-order chi connectivity index (χ0) is 11.5. The normalized spacial score (nSPS) is 19.6. The Morgan fingerprint density at radius 2 is 2.12 bits per heavy atom. The Kier molecular flexibility index (Phi) is 2.76. The summed E-state index contributed by atoms with van der Waals surface area (Å²) >= 11 is 0. The number of benzene rings is 1. The van der Waals surface area contributed by atoms with Gasteiger partial charge in [-0.2, -0.15) is 0 Å². The Labute approximate surface area is 92.2 Å². The summed E-state index contributed by atoms with van der Waals surface area (Å²) in [6.07, 6.45) is -0.573. The van der Waals surface area contributed by atoms with Crippen molar-refractivity contribution < 1.29 is 19.4 Å². The summed E-state index contributed by atoms with van der Waals surface area (Å²) in [6.45, 7) is 0.178. The summed E-state index contributed by atoms with van der Waals surface area (Å²) in [7, 11) is 0. The molecule has 1 aliphatic rings. The van der Waals surface area contributed by atoms with Gasteiger partial charge in [-0.1, -0.05) is 30.3 Å². The summed E-state index contributed by atoms with van der Waals surface area (Å²) in [5.74, 6) is -1.04. The third-order valence-electron chi connectivity index (χ3n) is 2.46. The second-order valence-corrected chi connectivity index (χ2v) is 3.54. The highest BCUT2D eigenvalue weighted by Gasteiger charge is 2.37. The van der Waals surface area contributed by atoms with Gasteiger partial charge in [0.2, 0.25) is 0 Å². The van der Waals surface area contributed by atoms with E-state index < -0.39 is 18.1 Å². The number of carboxylic acids is 1. The van der Waals surface area contributed by atoms with Crippen molar-refractivity contribution in [1.82, 2.24) is 4.90 Å². The first-order chi connectivity index (χ1) is 7.68. The Balaban J connectivity index is 2.13. The lowest BCUT2D eigenvalue weighted by molar-refractivity contribution is -0.141. The molecule has 0 bridgehead atoms. The van der Waals surface area contributed by atoms with Crippen molar-refractivity contribution in [1.29, 1.82) is 0 Å². The van der Waals surface area contributed by atoms with E-state index in [4.69, 9.17) is 9.84 Å². The molecule has 1 atom stereocenters. The number of ether oxygens (including phenoxy) is 1. The van der Waals surface area contributed by atoms with Crippen LogP contribution in [-0.2, 0) is 16.1 Å². The molecule has 2 rings (SSSR count). The molecule has 1 saturated heterocycles. The zero-order valence-corrected chi connectivity index (χ0v) is 8.50. The largest absolute Gasteiger partial charge is 0.480 e. The molecule has 1 fully saturated rings. The molecule has 0 aromatic heterocycles. The Morgan fingerprint density at radius 3 is 2.75 bits per heavy atom. The quantitative estimate of drug-likeness (QED) is 0.829. The molecule has 1 aliphatic heterocycles. The zero-order valence-electron chi connectivity index (χ0n) is 8.50. The van der Waals surface area contributed by atoms with E-state index in [1.165, 1.54) is 4.90 Å². The number of cyclic esters (lactones) is 1. The molecule has 0 saturated carbocycles. The lowest BCUT2D eigenvalue weighted by Crippen LogP contribution is -2.38. The van der Waals surface area contributed by atoms with Crippen LogP contribution in [0, 0.1) is 0 Å². The van der Waals surface area contributed by atoms with Gasteiger partial charge in [0.25, 0.3) is 0 Å². The van der Waals surface area contributed by atoms with E-state index in [-0.39, 0.29) is 13.2 Å². The van der Waals surface area contributed by atoms with Crippen LogP contribution in [0.15, 0.2) is 30.3 Å². The van der Waals surface area contributed by atoms with Crippen LogP contribution in [-0.4, -0.2) is 34.7 Å². The minimum Gasteiger partial charge on any atom is -0.480 e. The van der Waals surface area contributed by atoms with E-state index in [0.29, 0.717) is 0 Å². The fraction of sp³-hybridized carbons (Fsp3) is 0.273. The van der Waals surface area contributed by atoms with E-state index in [9.17, 15) is 9.59 Å². The van der Waals surface area contributed by atoms with Crippen molar-refractivity contribution >= 4 is 12.1 Å². The second kappa shape index (κ2) is 4.22. The van der Waals surface area contributed by atoms with Gasteiger partial charge in [0.15, 0.2) is 6.04 Å². The first kappa shape index (κ1) is 10.5. The van der Waals surface area contributed by atoms with Gasteiger partial charge >= 0.3 is 12.1 Å². The van der Waals surface area contributed by atoms with Crippen molar-refractivity contribution in [2.75, 3.05) is 6.61 Å². The van der Waals surface area contributed by atoms with E-state index in [2.05, 4.69) is 0 Å². The molecule has 0 spiro atoms. The SMILES string of the molecule is O=C(O)C1COC(=O)N1Cc1ccccc1. The maximum atomic E-state index is 11.3. The molecule has 1 aromatic rings. The molecule has 1 aromatic carbocycles. The highest BCUT2D eigenvalue weighted by molar-refractivity contribution is 5.82. The number of carbonyl (C=O) groups is 2. The summed E-state index contributed by atoms with van der Waals surface area (Å²) in [6, 6.07) is 8.34. The lowest BCUT2D eigenvalue weighted by Gasteiger charge is -2.17. The number of nitrogens with zero attached hydrogens (tertiary/aromatic N) is 1. The molecule has 1 amide bonds. The van der Waals surface area contributed by atoms with Crippen LogP contribution in [0.4, 0.5) is 4.79 Å². The first-order valence-electron chi connectivity index (χ1n) is 4.88. The highest BCUT2D eigenvalue weighted by Crippen LogP contribution is 2.16. The molecule has 1 N–H and O–H groups in total. The minimum atomic E-state index is -1.04. The van der Waals surface area contributed by atoms with Crippen LogP contribution in [0.2, 0.25) is 0 Å². The number of carbonyl (C=O) groups excluding carboxylic acids is 1. The van der Waals surface area contributed by atoms with Gasteiger partial charge in [-0.3, -0.25) is 4.90 Å². The van der Waals surface area contributed by atoms with Gasteiger partial charge in [-0.15, -0.1) is 0 Å². The van der Waals surface area contributed by atoms with Crippen LogP contribution in [0.5, 0.6) is 0 Å². The molecule has 0 aliphatic carbocycles. The molecule has 1 heterocycles. The minimum absolute atomic E-state index is 0.0823. The van der Waals surface area contributed by atoms with Gasteiger partial charge in [0, 0.05) is 0 Å². The maximum Gasteiger partial charge on any atom is 0.411 e. The monoisotopic (exact) mass is 221 g/mol. The summed E-state index contributed by atoms with van der Waals surface area (Å²) in [4.78, 5) is 23.4. The Bertz CT molecular complexity index is 404. The van der Waals surface area contributed by atoms with Crippen LogP contribution in [0.25, 0.3) is 0 Å². The van der Waals surface area contributed by atoms with Crippen LogP contribution < -0.4 is 0 Å². The van der Waals surface area contributed by atoms with Gasteiger partial charge in [0.05, 0.1) is 6.54 Å². The molecule has 5 nitrogen and oxygen atoms in total. The topological polar surface area (TPSA) is 66.8 Å². The van der Waals surface area contributed by atoms with Crippen molar-refractivity contribution in [2.24, 2.45) is 0 Å². The van der Waals surface area contributed by atoms with Gasteiger partial charge in [0.1, 0.15) is 6.61 Å². The Morgan fingerprint density at radius 1 is 1.44 bits per heavy atom. The molecule has 5 heteroatoms. The third kappa shape index (κ3) is 1.98. The summed E-state index contributed by atoms with van der Waals surface area (Å²) in [5.41, 5.74) is 0.882. The van der Waals surface area contributed by atoms with Crippen LogP contribution in [0.1, 0.15) is 5.56 Å². The standard InChI is InChI=1S/C11H11NO4/c13-10(14)9-7-16-11(15)12(9)6-8-4-2-1-3-5-8/h1-5,9H,6-7H2,(H,13,14). The Hall–Kier alpha value is -2.04. The van der Waals surface area contributed by atoms with Gasteiger partial charge in [-0.05, 0) is 5.56 Å². The van der Waals surface area contributed by atoms with Gasteiger partial charge in [-0.25, -0.2) is 9.59 Å². The number of carboxylic acid groups (broad SMARTS) is 1. The number of aliphatic carboxylic acids is 1. The van der Waals surface area contributed by atoms with E-state index in [0.717, 1.165) is 5.56 Å². The van der Waals surface area contributed by atoms with E-state index in [1.54, 1.807) is 0 Å². The van der Waals surface area contributed by atoms with Crippen LogP contribution in [0.3, 0.4) is 0 Å². The smallest absolute Gasteiger partial charge is 0.411 e. The van der Waals surface area contributed by atoms with E-state index in [1.807, 2.05) is 30.3 Å². The number of amides is 1. The highest BCUT2D eigenvalue weighted by atomic mass is 16.6. The summed E-state index contributed by atoms with van der Waals surface area (Å²) in [5, 5.41) is 8.91. The number of rotatable bonds is 3. The molecule has 0 radical (unpaired) electrons. The molecule has 16 heavy (non-hydrogen) atoms. The predicted octanol–water partition coefficient (Wildman–Crippen LogP) is 1.09. The molecular weight excluding hydrogens is 210 g/mol. The predicted molar refractivity (Wildman–Crippen MR) is 54.8 cm³/mol. The fourth-order valence-electron chi connectivity index (χ4n) is 1.61. The number of hydrogen-bond acceptors (Lipinski definition) is 3. The van der Waals surface area contributed by atoms with Crippen molar-refractivity contribution in [3.8, 4) is 0 Å². The van der Waals surface area contributed by atoms with E-state index >= 15 is 0 Å². The maximum absolute atomic E-state index is 11.3. The van der Waals surface area contributed by atoms with Crippen molar-refractivity contribution in [3.63, 3.8) is 0 Å². The van der Waals surface area contributed by atoms with Gasteiger partial charge < -0.3 is 9.84 Å². The van der Waals surface area contributed by atoms with Crippen LogP contribution >= 0.6 is 0 Å². The molecule has 84 valence electrons. The first-order valence-corrected chi connectivity index (χ1v) is 4.88. The fourth-order valence-corrected chi connectivity index (χ4v) is 1.61.